The molecule has 19 heavy (non-hydrogen) atoms. The van der Waals surface area contributed by atoms with E-state index in [0.29, 0.717) is 16.9 Å². The molecular weight excluding hydrogens is 240 g/mol. The molecule has 3 nitrogen and oxygen atoms in total. The number of para-hydroxylation sites is 2. The Morgan fingerprint density at radius 2 is 1.74 bits per heavy atom. The van der Waals surface area contributed by atoms with Gasteiger partial charge in [-0.3, -0.25) is 4.79 Å². The lowest BCUT2D eigenvalue weighted by molar-refractivity contribution is 0.0847. The predicted octanol–water partition coefficient (Wildman–Crippen LogP) is 3.18. The van der Waals surface area contributed by atoms with Crippen molar-refractivity contribution in [3.05, 3.63) is 67.1 Å². The van der Waals surface area contributed by atoms with Crippen LogP contribution in [0.1, 0.15) is 28.4 Å². The number of hydrogen-bond donors (Lipinski definition) is 1. The Balaban J connectivity index is 0.00000133. The zero-order valence-electron chi connectivity index (χ0n) is 10.2. The van der Waals surface area contributed by atoms with Crippen LogP contribution in [-0.4, -0.2) is 10.9 Å². The Labute approximate surface area is 112 Å². The third kappa shape index (κ3) is 2.32. The molecule has 2 aromatic rings. The first-order chi connectivity index (χ1) is 8.75. The number of Topliss-reactive ketones (excluding diaryl/α,β-unsaturated/α-hetero) is 1. The molecule has 2 aromatic carbocycles. The standard InChI is InChI=1S/C15H12O3.C/c16-12-7-3-1-5-10(12)15-9-13(17)11-6-2-4-8-14(11)18-15;/h1-8,15-16H,9H2;. The van der Waals surface area contributed by atoms with E-state index in [0.717, 1.165) is 0 Å². The first-order valence-corrected chi connectivity index (χ1v) is 5.82. The minimum Gasteiger partial charge on any atom is -0.508 e. The van der Waals surface area contributed by atoms with Crippen molar-refractivity contribution < 1.29 is 14.6 Å². The summed E-state index contributed by atoms with van der Waals surface area (Å²) < 4.78 is 5.79. The number of rotatable bonds is 1. The maximum Gasteiger partial charge on any atom is 0.170 e. The second kappa shape index (κ2) is 5.14. The van der Waals surface area contributed by atoms with Gasteiger partial charge in [-0.2, -0.15) is 0 Å². The summed E-state index contributed by atoms with van der Waals surface area (Å²) in [7, 11) is 0. The summed E-state index contributed by atoms with van der Waals surface area (Å²) >= 11 is 0. The van der Waals surface area contributed by atoms with Crippen molar-refractivity contribution in [3.8, 4) is 11.5 Å². The van der Waals surface area contributed by atoms with E-state index < -0.39 is 6.10 Å². The topological polar surface area (TPSA) is 46.5 Å². The highest BCUT2D eigenvalue weighted by molar-refractivity contribution is 6.00. The summed E-state index contributed by atoms with van der Waals surface area (Å²) in [5.74, 6) is 0.793. The van der Waals surface area contributed by atoms with Crippen molar-refractivity contribution in [1.82, 2.24) is 0 Å². The highest BCUT2D eigenvalue weighted by Gasteiger charge is 2.28. The maximum absolute atomic E-state index is 12.0. The first-order valence-electron chi connectivity index (χ1n) is 5.82. The third-order valence-electron chi connectivity index (χ3n) is 3.11. The predicted molar refractivity (Wildman–Crippen MR) is 70.1 cm³/mol. The molecule has 1 aliphatic rings. The monoisotopic (exact) mass is 252 g/mol. The Hall–Kier alpha value is -2.29. The number of phenolic OH excluding ortho intramolecular Hbond substituents is 1. The number of aromatic hydroxyl groups is 1. The molecular formula is C16H12O3. The highest BCUT2D eigenvalue weighted by Crippen LogP contribution is 2.37. The first kappa shape index (κ1) is 13.1. The second-order valence-corrected chi connectivity index (χ2v) is 4.29. The number of benzene rings is 2. The van der Waals surface area contributed by atoms with Crippen LogP contribution in [0.3, 0.4) is 0 Å². The summed E-state index contributed by atoms with van der Waals surface area (Å²) in [6.07, 6.45) is -0.150. The number of phenols is 1. The quantitative estimate of drug-likeness (QED) is 0.847. The van der Waals surface area contributed by atoms with Gasteiger partial charge in [-0.25, -0.2) is 0 Å². The fourth-order valence-electron chi connectivity index (χ4n) is 2.21. The van der Waals surface area contributed by atoms with Crippen molar-refractivity contribution in [2.24, 2.45) is 0 Å². The lowest BCUT2D eigenvalue weighted by Gasteiger charge is -2.25. The number of hydrogen-bond acceptors (Lipinski definition) is 3. The number of ether oxygens (including phenoxy) is 1. The zero-order chi connectivity index (χ0) is 12.5. The Morgan fingerprint density at radius 3 is 2.53 bits per heavy atom. The minimum atomic E-state index is -0.409. The summed E-state index contributed by atoms with van der Waals surface area (Å²) in [4.78, 5) is 12.0. The fourth-order valence-corrected chi connectivity index (χ4v) is 2.21. The summed E-state index contributed by atoms with van der Waals surface area (Å²) in [5.41, 5.74) is 1.27. The van der Waals surface area contributed by atoms with Crippen LogP contribution in [0.15, 0.2) is 48.5 Å². The molecule has 0 spiro atoms. The summed E-state index contributed by atoms with van der Waals surface area (Å²) in [6.45, 7) is 0. The van der Waals surface area contributed by atoms with Crippen LogP contribution in [0.5, 0.6) is 11.5 Å². The van der Waals surface area contributed by atoms with Gasteiger partial charge in [0.05, 0.1) is 12.0 Å². The molecule has 1 atom stereocenters. The molecule has 0 amide bonds. The molecule has 0 saturated carbocycles. The van der Waals surface area contributed by atoms with E-state index in [4.69, 9.17) is 4.74 Å². The van der Waals surface area contributed by atoms with Crippen molar-refractivity contribution in [3.63, 3.8) is 0 Å². The van der Waals surface area contributed by atoms with Crippen LogP contribution in [0.4, 0.5) is 0 Å². The lowest BCUT2D eigenvalue weighted by Crippen LogP contribution is -2.20. The van der Waals surface area contributed by atoms with Crippen LogP contribution in [-0.2, 0) is 0 Å². The summed E-state index contributed by atoms with van der Waals surface area (Å²) in [5, 5.41) is 9.81. The van der Waals surface area contributed by atoms with Gasteiger partial charge in [0.1, 0.15) is 17.6 Å². The number of carbonyl (C=O) groups excluding carboxylic acids is 1. The minimum absolute atomic E-state index is 0. The van der Waals surface area contributed by atoms with Gasteiger partial charge >= 0.3 is 0 Å². The Bertz CT molecular complexity index is 604. The Kier molecular flexibility index (Phi) is 3.56. The van der Waals surface area contributed by atoms with Gasteiger partial charge in [0.2, 0.25) is 0 Å². The molecule has 0 aliphatic carbocycles. The van der Waals surface area contributed by atoms with Crippen molar-refractivity contribution in [1.29, 1.82) is 0 Å². The average Bonchev–Trinajstić information content (AvgIpc) is 2.39. The molecule has 1 unspecified atom stereocenters. The normalized spacial score (nSPS) is 17.1. The average molecular weight is 252 g/mol. The highest BCUT2D eigenvalue weighted by atomic mass is 16.5. The molecule has 1 N–H and O–H groups in total. The van der Waals surface area contributed by atoms with Crippen molar-refractivity contribution >= 4 is 5.78 Å². The molecule has 0 saturated heterocycles. The van der Waals surface area contributed by atoms with Gasteiger partial charge < -0.3 is 9.84 Å². The third-order valence-corrected chi connectivity index (χ3v) is 3.11. The number of fused-ring (bicyclic) bond motifs is 1. The van der Waals surface area contributed by atoms with Crippen LogP contribution >= 0.6 is 0 Å². The van der Waals surface area contributed by atoms with E-state index in [2.05, 4.69) is 0 Å². The van der Waals surface area contributed by atoms with E-state index in [1.165, 1.54) is 0 Å². The molecule has 0 fully saturated rings. The van der Waals surface area contributed by atoms with Crippen LogP contribution in [0, 0.1) is 7.43 Å². The maximum atomic E-state index is 12.0. The second-order valence-electron chi connectivity index (χ2n) is 4.29. The van der Waals surface area contributed by atoms with Gasteiger partial charge in [0, 0.05) is 13.0 Å². The molecule has 1 aliphatic heterocycles. The number of carbonyl (C=O) groups is 1. The zero-order valence-corrected chi connectivity index (χ0v) is 10.2. The molecule has 94 valence electrons. The SMILES string of the molecule is O=C1CC(c2ccccc2O)Oc2ccccc21.[C]. The van der Waals surface area contributed by atoms with E-state index in [1.54, 1.807) is 30.3 Å². The van der Waals surface area contributed by atoms with Crippen molar-refractivity contribution in [2.45, 2.75) is 12.5 Å². The molecule has 3 heteroatoms. The van der Waals surface area contributed by atoms with E-state index >= 15 is 0 Å². The fraction of sp³-hybridized carbons (Fsp3) is 0.125. The van der Waals surface area contributed by atoms with E-state index in [1.807, 2.05) is 18.2 Å². The Morgan fingerprint density at radius 1 is 1.05 bits per heavy atom. The molecule has 1 heterocycles. The molecule has 3 rings (SSSR count). The summed E-state index contributed by atoms with van der Waals surface area (Å²) in [6, 6.07) is 14.1. The van der Waals surface area contributed by atoms with E-state index in [9.17, 15) is 9.90 Å². The largest absolute Gasteiger partial charge is 0.508 e. The van der Waals surface area contributed by atoms with Gasteiger partial charge in [0.15, 0.2) is 5.78 Å². The van der Waals surface area contributed by atoms with Crippen LogP contribution in [0.25, 0.3) is 0 Å². The van der Waals surface area contributed by atoms with Crippen LogP contribution in [0.2, 0.25) is 0 Å². The molecule has 0 aromatic heterocycles. The number of ketones is 1. The smallest absolute Gasteiger partial charge is 0.170 e. The van der Waals surface area contributed by atoms with Gasteiger partial charge in [-0.1, -0.05) is 30.3 Å². The lowest BCUT2D eigenvalue weighted by atomic mass is 9.96. The van der Waals surface area contributed by atoms with Gasteiger partial charge in [0.25, 0.3) is 0 Å². The van der Waals surface area contributed by atoms with Crippen LogP contribution < -0.4 is 4.74 Å². The van der Waals surface area contributed by atoms with Crippen molar-refractivity contribution in [2.75, 3.05) is 0 Å². The van der Waals surface area contributed by atoms with Gasteiger partial charge in [-0.05, 0) is 18.2 Å². The van der Waals surface area contributed by atoms with E-state index in [-0.39, 0.29) is 25.4 Å². The molecule has 0 bridgehead atoms. The molecule has 4 radical (unpaired) electrons. The van der Waals surface area contributed by atoms with Gasteiger partial charge in [-0.15, -0.1) is 0 Å².